The monoisotopic (exact) mass is 181 g/mol. The standard InChI is InChI=1S/C11H19NO/c1-3-4-5-6-11(12)10-7-8-13-9(10)2/h7-8,11H,3-6,12H2,1-2H3. The molecule has 0 saturated carbocycles. The predicted octanol–water partition coefficient (Wildman–Crippen LogP) is 3.17. The highest BCUT2D eigenvalue weighted by Gasteiger charge is 2.09. The van der Waals surface area contributed by atoms with Crippen molar-refractivity contribution in [1.82, 2.24) is 0 Å². The lowest BCUT2D eigenvalue weighted by Gasteiger charge is -2.09. The van der Waals surface area contributed by atoms with Crippen LogP contribution in [-0.4, -0.2) is 0 Å². The van der Waals surface area contributed by atoms with Crippen molar-refractivity contribution in [1.29, 1.82) is 0 Å². The molecule has 1 aromatic heterocycles. The number of furan rings is 1. The lowest BCUT2D eigenvalue weighted by atomic mass is 10.0. The van der Waals surface area contributed by atoms with Crippen LogP contribution in [0.5, 0.6) is 0 Å². The zero-order valence-electron chi connectivity index (χ0n) is 8.55. The van der Waals surface area contributed by atoms with E-state index in [-0.39, 0.29) is 6.04 Å². The maximum Gasteiger partial charge on any atom is 0.105 e. The van der Waals surface area contributed by atoms with Crippen molar-refractivity contribution in [3.63, 3.8) is 0 Å². The van der Waals surface area contributed by atoms with Gasteiger partial charge in [0.2, 0.25) is 0 Å². The van der Waals surface area contributed by atoms with E-state index in [1.165, 1.54) is 19.3 Å². The number of nitrogens with two attached hydrogens (primary N) is 1. The smallest absolute Gasteiger partial charge is 0.105 e. The minimum absolute atomic E-state index is 0.158. The summed E-state index contributed by atoms with van der Waals surface area (Å²) >= 11 is 0. The Bertz CT molecular complexity index is 242. The number of rotatable bonds is 5. The van der Waals surface area contributed by atoms with Gasteiger partial charge in [-0.15, -0.1) is 0 Å². The average Bonchev–Trinajstić information content (AvgIpc) is 2.52. The fraction of sp³-hybridized carbons (Fsp3) is 0.636. The molecule has 0 spiro atoms. The van der Waals surface area contributed by atoms with E-state index >= 15 is 0 Å². The topological polar surface area (TPSA) is 39.2 Å². The quantitative estimate of drug-likeness (QED) is 0.709. The Morgan fingerprint density at radius 3 is 2.77 bits per heavy atom. The van der Waals surface area contributed by atoms with E-state index in [9.17, 15) is 0 Å². The molecule has 1 rings (SSSR count). The molecule has 1 unspecified atom stereocenters. The number of aryl methyl sites for hydroxylation is 1. The molecule has 0 aliphatic heterocycles. The lowest BCUT2D eigenvalue weighted by Crippen LogP contribution is -2.10. The van der Waals surface area contributed by atoms with E-state index in [2.05, 4.69) is 6.92 Å². The van der Waals surface area contributed by atoms with E-state index in [1.54, 1.807) is 6.26 Å². The molecule has 0 aliphatic rings. The Morgan fingerprint density at radius 2 is 2.23 bits per heavy atom. The van der Waals surface area contributed by atoms with Gasteiger partial charge in [0.15, 0.2) is 0 Å². The molecule has 0 radical (unpaired) electrons. The second-order valence-corrected chi connectivity index (χ2v) is 3.53. The third kappa shape index (κ3) is 2.88. The van der Waals surface area contributed by atoms with Crippen molar-refractivity contribution in [2.45, 2.75) is 45.6 Å². The van der Waals surface area contributed by atoms with Gasteiger partial charge in [-0.3, -0.25) is 0 Å². The third-order valence-corrected chi connectivity index (χ3v) is 2.42. The van der Waals surface area contributed by atoms with Crippen molar-refractivity contribution < 1.29 is 4.42 Å². The third-order valence-electron chi connectivity index (χ3n) is 2.42. The van der Waals surface area contributed by atoms with Crippen LogP contribution >= 0.6 is 0 Å². The van der Waals surface area contributed by atoms with Gasteiger partial charge in [-0.1, -0.05) is 26.2 Å². The minimum Gasteiger partial charge on any atom is -0.469 e. The molecule has 0 fully saturated rings. The van der Waals surface area contributed by atoms with Gasteiger partial charge >= 0.3 is 0 Å². The maximum atomic E-state index is 6.02. The van der Waals surface area contributed by atoms with Crippen molar-refractivity contribution in [2.75, 3.05) is 0 Å². The van der Waals surface area contributed by atoms with Crippen LogP contribution in [0.1, 0.15) is 50.0 Å². The normalized spacial score (nSPS) is 13.2. The summed E-state index contributed by atoms with van der Waals surface area (Å²) in [5.41, 5.74) is 7.18. The van der Waals surface area contributed by atoms with Crippen molar-refractivity contribution in [3.05, 3.63) is 23.7 Å². The van der Waals surface area contributed by atoms with E-state index < -0.39 is 0 Å². The summed E-state index contributed by atoms with van der Waals surface area (Å²) in [6.07, 6.45) is 6.50. The first-order valence-electron chi connectivity index (χ1n) is 5.05. The van der Waals surface area contributed by atoms with Gasteiger partial charge in [-0.2, -0.15) is 0 Å². The molecule has 1 aromatic rings. The summed E-state index contributed by atoms with van der Waals surface area (Å²) < 4.78 is 5.21. The van der Waals surface area contributed by atoms with Crippen molar-refractivity contribution >= 4 is 0 Å². The van der Waals surface area contributed by atoms with Crippen LogP contribution in [0.3, 0.4) is 0 Å². The van der Waals surface area contributed by atoms with Crippen LogP contribution in [0, 0.1) is 6.92 Å². The Balaban J connectivity index is 2.39. The Hall–Kier alpha value is -0.760. The predicted molar refractivity (Wildman–Crippen MR) is 54.5 cm³/mol. The molecule has 13 heavy (non-hydrogen) atoms. The largest absolute Gasteiger partial charge is 0.469 e. The molecule has 0 aromatic carbocycles. The average molecular weight is 181 g/mol. The zero-order chi connectivity index (χ0) is 9.68. The lowest BCUT2D eigenvalue weighted by molar-refractivity contribution is 0.515. The Labute approximate surface area is 80.1 Å². The summed E-state index contributed by atoms with van der Waals surface area (Å²) in [7, 11) is 0. The molecule has 0 saturated heterocycles. The molecule has 2 N–H and O–H groups in total. The molecule has 2 nitrogen and oxygen atoms in total. The molecule has 0 bridgehead atoms. The first-order valence-corrected chi connectivity index (χ1v) is 5.05. The van der Waals surface area contributed by atoms with Gasteiger partial charge in [0, 0.05) is 11.6 Å². The maximum absolute atomic E-state index is 6.02. The molecule has 1 heterocycles. The van der Waals surface area contributed by atoms with Gasteiger partial charge < -0.3 is 10.2 Å². The number of unbranched alkanes of at least 4 members (excludes halogenated alkanes) is 2. The SMILES string of the molecule is CCCCCC(N)c1ccoc1C. The summed E-state index contributed by atoms with van der Waals surface area (Å²) in [4.78, 5) is 0. The molecular formula is C11H19NO. The molecule has 2 heteroatoms. The van der Waals surface area contributed by atoms with Crippen LogP contribution in [-0.2, 0) is 0 Å². The van der Waals surface area contributed by atoms with Gasteiger partial charge in [0.25, 0.3) is 0 Å². The van der Waals surface area contributed by atoms with E-state index in [4.69, 9.17) is 10.2 Å². The molecule has 1 atom stereocenters. The Morgan fingerprint density at radius 1 is 1.46 bits per heavy atom. The highest BCUT2D eigenvalue weighted by atomic mass is 16.3. The minimum atomic E-state index is 0.158. The number of hydrogen-bond acceptors (Lipinski definition) is 2. The van der Waals surface area contributed by atoms with Gasteiger partial charge in [-0.25, -0.2) is 0 Å². The second-order valence-electron chi connectivity index (χ2n) is 3.53. The summed E-state index contributed by atoms with van der Waals surface area (Å²) in [6, 6.07) is 2.14. The van der Waals surface area contributed by atoms with E-state index in [0.717, 1.165) is 17.7 Å². The molecule has 0 amide bonds. The first kappa shape index (κ1) is 10.3. The van der Waals surface area contributed by atoms with Gasteiger partial charge in [0.1, 0.15) is 5.76 Å². The van der Waals surface area contributed by atoms with Crippen molar-refractivity contribution in [2.24, 2.45) is 5.73 Å². The fourth-order valence-electron chi connectivity index (χ4n) is 1.55. The fourth-order valence-corrected chi connectivity index (χ4v) is 1.55. The molecule has 74 valence electrons. The van der Waals surface area contributed by atoms with E-state index in [0.29, 0.717) is 0 Å². The van der Waals surface area contributed by atoms with Crippen LogP contribution in [0.4, 0.5) is 0 Å². The highest BCUT2D eigenvalue weighted by molar-refractivity contribution is 5.19. The first-order chi connectivity index (χ1) is 6.25. The van der Waals surface area contributed by atoms with Crippen LogP contribution in [0.2, 0.25) is 0 Å². The zero-order valence-corrected chi connectivity index (χ0v) is 8.55. The highest BCUT2D eigenvalue weighted by Crippen LogP contribution is 2.21. The second kappa shape index (κ2) is 5.07. The summed E-state index contributed by atoms with van der Waals surface area (Å²) in [5, 5.41) is 0. The summed E-state index contributed by atoms with van der Waals surface area (Å²) in [6.45, 7) is 4.17. The number of hydrogen-bond donors (Lipinski definition) is 1. The summed E-state index contributed by atoms with van der Waals surface area (Å²) in [5.74, 6) is 0.962. The van der Waals surface area contributed by atoms with Crippen molar-refractivity contribution in [3.8, 4) is 0 Å². The van der Waals surface area contributed by atoms with Gasteiger partial charge in [-0.05, 0) is 19.4 Å². The van der Waals surface area contributed by atoms with E-state index in [1.807, 2.05) is 13.0 Å². The molecular weight excluding hydrogens is 162 g/mol. The van der Waals surface area contributed by atoms with Crippen LogP contribution < -0.4 is 5.73 Å². The van der Waals surface area contributed by atoms with Crippen LogP contribution in [0.25, 0.3) is 0 Å². The van der Waals surface area contributed by atoms with Gasteiger partial charge in [0.05, 0.1) is 6.26 Å². The Kier molecular flexibility index (Phi) is 4.03. The van der Waals surface area contributed by atoms with Crippen LogP contribution in [0.15, 0.2) is 16.7 Å². The molecule has 0 aliphatic carbocycles.